The molecule has 0 radical (unpaired) electrons. The summed E-state index contributed by atoms with van der Waals surface area (Å²) in [5.74, 6) is 0.678. The molecule has 1 atom stereocenters. The van der Waals surface area contributed by atoms with Crippen LogP contribution in [0.5, 0.6) is 11.5 Å². The van der Waals surface area contributed by atoms with Crippen LogP contribution in [0.25, 0.3) is 0 Å². The van der Waals surface area contributed by atoms with E-state index in [2.05, 4.69) is 0 Å². The molecular weight excluding hydrogens is 354 g/mol. The van der Waals surface area contributed by atoms with Gasteiger partial charge in [0.2, 0.25) is 6.79 Å². The Hall–Kier alpha value is -2.80. The van der Waals surface area contributed by atoms with Crippen molar-refractivity contribution in [1.82, 2.24) is 0 Å². The minimum atomic E-state index is -3.30. The quantitative estimate of drug-likeness (QED) is 0.829. The van der Waals surface area contributed by atoms with Gasteiger partial charge in [0.15, 0.2) is 21.3 Å². The van der Waals surface area contributed by atoms with Crippen LogP contribution in [-0.2, 0) is 9.84 Å². The number of aryl methyl sites for hydroxylation is 1. The summed E-state index contributed by atoms with van der Waals surface area (Å²) >= 11 is 0. The van der Waals surface area contributed by atoms with Crippen LogP contribution in [0.3, 0.4) is 0 Å². The Morgan fingerprint density at radius 1 is 1.08 bits per heavy atom. The molecule has 0 bridgehead atoms. The molecule has 0 spiro atoms. The number of anilines is 1. The molecule has 0 fully saturated rings. The molecule has 7 heteroatoms. The maximum atomic E-state index is 13.2. The SMILES string of the molecule is Cc1ccc(N(C(=O)c2ccc3c(c2)OCO3)[C@H]2C=CS(=O)(=O)C2)cc1. The molecule has 26 heavy (non-hydrogen) atoms. The van der Waals surface area contributed by atoms with E-state index in [1.165, 1.54) is 10.3 Å². The Morgan fingerprint density at radius 3 is 2.50 bits per heavy atom. The summed E-state index contributed by atoms with van der Waals surface area (Å²) in [4.78, 5) is 14.7. The summed E-state index contributed by atoms with van der Waals surface area (Å²) in [6.45, 7) is 2.08. The van der Waals surface area contributed by atoms with Gasteiger partial charge in [0.25, 0.3) is 5.91 Å². The fourth-order valence-corrected chi connectivity index (χ4v) is 4.32. The number of hydrogen-bond acceptors (Lipinski definition) is 5. The summed E-state index contributed by atoms with van der Waals surface area (Å²) in [5, 5.41) is 1.17. The van der Waals surface area contributed by atoms with Gasteiger partial charge in [-0.25, -0.2) is 8.42 Å². The topological polar surface area (TPSA) is 72.9 Å². The highest BCUT2D eigenvalue weighted by Gasteiger charge is 2.32. The lowest BCUT2D eigenvalue weighted by molar-refractivity contribution is 0.0982. The Kier molecular flexibility index (Phi) is 3.96. The van der Waals surface area contributed by atoms with Crippen LogP contribution in [0, 0.1) is 6.92 Å². The first-order valence-corrected chi connectivity index (χ1v) is 9.85. The van der Waals surface area contributed by atoms with Crippen LogP contribution in [0.15, 0.2) is 53.9 Å². The molecule has 0 saturated heterocycles. The number of carbonyl (C=O) groups excluding carboxylic acids is 1. The lowest BCUT2D eigenvalue weighted by Gasteiger charge is -2.28. The number of benzene rings is 2. The number of hydrogen-bond donors (Lipinski definition) is 0. The lowest BCUT2D eigenvalue weighted by Crippen LogP contribution is -2.41. The van der Waals surface area contributed by atoms with Crippen molar-refractivity contribution in [2.75, 3.05) is 17.4 Å². The highest BCUT2D eigenvalue weighted by atomic mass is 32.2. The predicted octanol–water partition coefficient (Wildman–Crippen LogP) is 2.68. The third kappa shape index (κ3) is 3.06. The Bertz CT molecular complexity index is 995. The minimum Gasteiger partial charge on any atom is -0.454 e. The molecule has 6 nitrogen and oxygen atoms in total. The summed E-state index contributed by atoms with van der Waals surface area (Å²) in [6.07, 6.45) is 1.56. The zero-order chi connectivity index (χ0) is 18.3. The molecule has 2 aliphatic rings. The molecule has 2 aromatic carbocycles. The average molecular weight is 371 g/mol. The van der Waals surface area contributed by atoms with Crippen LogP contribution in [0.4, 0.5) is 5.69 Å². The van der Waals surface area contributed by atoms with Gasteiger partial charge in [-0.1, -0.05) is 17.7 Å². The van der Waals surface area contributed by atoms with E-state index >= 15 is 0 Å². The molecule has 0 saturated carbocycles. The van der Waals surface area contributed by atoms with Gasteiger partial charge in [-0.2, -0.15) is 0 Å². The van der Waals surface area contributed by atoms with Crippen molar-refractivity contribution in [1.29, 1.82) is 0 Å². The van der Waals surface area contributed by atoms with E-state index in [-0.39, 0.29) is 18.5 Å². The maximum Gasteiger partial charge on any atom is 0.258 e. The standard InChI is InChI=1S/C19H17NO5S/c1-13-2-5-15(6-3-13)20(16-8-9-26(22,23)11-16)19(21)14-4-7-17-18(10-14)25-12-24-17/h2-10,16H,11-12H2,1H3/t16-/m0/s1. The molecule has 0 aliphatic carbocycles. The molecule has 1 amide bonds. The van der Waals surface area contributed by atoms with Crippen LogP contribution < -0.4 is 14.4 Å². The minimum absolute atomic E-state index is 0.123. The van der Waals surface area contributed by atoms with Crippen molar-refractivity contribution >= 4 is 21.4 Å². The van der Waals surface area contributed by atoms with Gasteiger partial charge in [-0.15, -0.1) is 0 Å². The van der Waals surface area contributed by atoms with Crippen molar-refractivity contribution < 1.29 is 22.7 Å². The monoisotopic (exact) mass is 371 g/mol. The second kappa shape index (κ2) is 6.17. The number of sulfone groups is 1. The van der Waals surface area contributed by atoms with E-state index < -0.39 is 15.9 Å². The third-order valence-corrected chi connectivity index (χ3v) is 5.77. The largest absolute Gasteiger partial charge is 0.454 e. The fourth-order valence-electron chi connectivity index (χ4n) is 3.05. The first-order valence-electron chi connectivity index (χ1n) is 8.14. The second-order valence-corrected chi connectivity index (χ2v) is 8.24. The lowest BCUT2D eigenvalue weighted by atomic mass is 10.1. The predicted molar refractivity (Wildman–Crippen MR) is 97.3 cm³/mol. The zero-order valence-electron chi connectivity index (χ0n) is 14.1. The number of ether oxygens (including phenoxy) is 2. The van der Waals surface area contributed by atoms with Crippen molar-refractivity contribution in [3.8, 4) is 11.5 Å². The highest BCUT2D eigenvalue weighted by molar-refractivity contribution is 7.94. The maximum absolute atomic E-state index is 13.2. The van der Waals surface area contributed by atoms with Crippen LogP contribution in [0.2, 0.25) is 0 Å². The van der Waals surface area contributed by atoms with Gasteiger partial charge in [-0.05, 0) is 43.3 Å². The van der Waals surface area contributed by atoms with E-state index in [1.807, 2.05) is 31.2 Å². The van der Waals surface area contributed by atoms with Crippen LogP contribution >= 0.6 is 0 Å². The molecule has 4 rings (SSSR count). The van der Waals surface area contributed by atoms with Gasteiger partial charge < -0.3 is 14.4 Å². The first-order chi connectivity index (χ1) is 12.4. The van der Waals surface area contributed by atoms with E-state index in [0.29, 0.717) is 22.7 Å². The molecule has 2 aromatic rings. The smallest absolute Gasteiger partial charge is 0.258 e. The summed E-state index contributed by atoms with van der Waals surface area (Å²) in [6, 6.07) is 11.8. The van der Waals surface area contributed by atoms with Gasteiger partial charge in [-0.3, -0.25) is 4.79 Å². The number of amides is 1. The fraction of sp³-hybridized carbons (Fsp3) is 0.211. The van der Waals surface area contributed by atoms with Gasteiger partial charge >= 0.3 is 0 Å². The summed E-state index contributed by atoms with van der Waals surface area (Å²) in [5.41, 5.74) is 2.11. The molecular formula is C19H17NO5S. The Labute approximate surface area is 151 Å². The van der Waals surface area contributed by atoms with Gasteiger partial charge in [0, 0.05) is 16.7 Å². The Balaban J connectivity index is 1.74. The zero-order valence-corrected chi connectivity index (χ0v) is 14.9. The average Bonchev–Trinajstić information content (AvgIpc) is 3.22. The van der Waals surface area contributed by atoms with Crippen molar-refractivity contribution in [3.05, 3.63) is 65.1 Å². The van der Waals surface area contributed by atoms with E-state index in [1.54, 1.807) is 24.3 Å². The first kappa shape index (κ1) is 16.7. The van der Waals surface area contributed by atoms with Gasteiger partial charge in [0.05, 0.1) is 11.8 Å². The molecule has 0 aromatic heterocycles. The summed E-state index contributed by atoms with van der Waals surface area (Å²) in [7, 11) is -3.30. The number of fused-ring (bicyclic) bond motifs is 1. The highest BCUT2D eigenvalue weighted by Crippen LogP contribution is 2.34. The molecule has 0 N–H and O–H groups in total. The van der Waals surface area contributed by atoms with Crippen LogP contribution in [0.1, 0.15) is 15.9 Å². The third-order valence-electron chi connectivity index (χ3n) is 4.39. The molecule has 134 valence electrons. The second-order valence-electron chi connectivity index (χ2n) is 6.30. The van der Waals surface area contributed by atoms with E-state index in [4.69, 9.17) is 9.47 Å². The molecule has 0 unspecified atom stereocenters. The van der Waals surface area contributed by atoms with Crippen molar-refractivity contribution in [3.63, 3.8) is 0 Å². The number of rotatable bonds is 3. The van der Waals surface area contributed by atoms with Gasteiger partial charge in [0.1, 0.15) is 0 Å². The Morgan fingerprint density at radius 2 is 1.81 bits per heavy atom. The normalized spacial score (nSPS) is 19.5. The number of carbonyl (C=O) groups is 1. The van der Waals surface area contributed by atoms with Crippen molar-refractivity contribution in [2.24, 2.45) is 0 Å². The van der Waals surface area contributed by atoms with E-state index in [0.717, 1.165) is 5.56 Å². The van der Waals surface area contributed by atoms with Crippen LogP contribution in [-0.4, -0.2) is 32.9 Å². The number of nitrogens with zero attached hydrogens (tertiary/aromatic N) is 1. The molecule has 2 aliphatic heterocycles. The van der Waals surface area contributed by atoms with Crippen molar-refractivity contribution in [2.45, 2.75) is 13.0 Å². The summed E-state index contributed by atoms with van der Waals surface area (Å²) < 4.78 is 34.4. The molecule has 2 heterocycles. The van der Waals surface area contributed by atoms with E-state index in [9.17, 15) is 13.2 Å².